The summed E-state index contributed by atoms with van der Waals surface area (Å²) in [6.07, 6.45) is 2.86. The Kier molecular flexibility index (Phi) is 7.19. The third-order valence-electron chi connectivity index (χ3n) is 6.05. The quantitative estimate of drug-likeness (QED) is 0.412. The van der Waals surface area contributed by atoms with Gasteiger partial charge in [-0.25, -0.2) is 9.78 Å². The lowest BCUT2D eigenvalue weighted by molar-refractivity contribution is 0.0696. The molecule has 0 aliphatic heterocycles. The second kappa shape index (κ2) is 9.99. The number of aromatic nitrogens is 1. The van der Waals surface area contributed by atoms with Crippen LogP contribution in [0.3, 0.4) is 0 Å². The van der Waals surface area contributed by atoms with Crippen LogP contribution in [0.25, 0.3) is 0 Å². The van der Waals surface area contributed by atoms with E-state index in [4.69, 9.17) is 4.74 Å². The van der Waals surface area contributed by atoms with Gasteiger partial charge < -0.3 is 9.84 Å². The molecule has 0 fully saturated rings. The van der Waals surface area contributed by atoms with Gasteiger partial charge in [-0.1, -0.05) is 19.9 Å². The zero-order valence-corrected chi connectivity index (χ0v) is 22.0. The summed E-state index contributed by atoms with van der Waals surface area (Å²) < 4.78 is 35.2. The standard InChI is InChI=1S/C26H30N2O5S2/c1-16(2)13-28(35(31,32)26-27-18(4)15-34-26)23-11-19-6-5-7-20(19)12-24(23)33-14-22-9-8-21(25(29)30)10-17(22)3/h8-12,15-16H,5-7,13-14H2,1-4H3,(H,29,30). The van der Waals surface area contributed by atoms with Gasteiger partial charge in [-0.2, -0.15) is 8.42 Å². The molecule has 1 aliphatic rings. The normalized spacial score (nSPS) is 13.2. The summed E-state index contributed by atoms with van der Waals surface area (Å²) in [5.41, 5.74) is 5.38. The molecule has 1 aliphatic carbocycles. The van der Waals surface area contributed by atoms with Crippen LogP contribution in [-0.4, -0.2) is 31.0 Å². The van der Waals surface area contributed by atoms with Gasteiger partial charge in [-0.05, 0) is 85.5 Å². The molecule has 186 valence electrons. The number of aryl methyl sites for hydroxylation is 4. The Morgan fingerprint density at radius 3 is 2.49 bits per heavy atom. The number of rotatable bonds is 9. The molecule has 3 aromatic rings. The Morgan fingerprint density at radius 1 is 1.17 bits per heavy atom. The van der Waals surface area contributed by atoms with Crippen LogP contribution in [0, 0.1) is 19.8 Å². The molecule has 7 nitrogen and oxygen atoms in total. The van der Waals surface area contributed by atoms with Crippen LogP contribution in [0.2, 0.25) is 0 Å². The highest BCUT2D eigenvalue weighted by molar-refractivity contribution is 7.94. The van der Waals surface area contributed by atoms with Crippen molar-refractivity contribution in [3.05, 3.63) is 69.2 Å². The summed E-state index contributed by atoms with van der Waals surface area (Å²) in [7, 11) is -3.88. The molecule has 0 atom stereocenters. The van der Waals surface area contributed by atoms with Gasteiger partial charge in [0, 0.05) is 17.6 Å². The number of carboxylic acids is 1. The van der Waals surface area contributed by atoms with E-state index >= 15 is 0 Å². The molecule has 9 heteroatoms. The molecule has 0 unspecified atom stereocenters. The Bertz CT molecular complexity index is 1360. The van der Waals surface area contributed by atoms with E-state index in [0.717, 1.165) is 47.3 Å². The van der Waals surface area contributed by atoms with Gasteiger partial charge in [-0.15, -0.1) is 11.3 Å². The number of hydrogen-bond donors (Lipinski definition) is 1. The maximum atomic E-state index is 13.7. The average molecular weight is 515 g/mol. The predicted molar refractivity (Wildman–Crippen MR) is 137 cm³/mol. The zero-order chi connectivity index (χ0) is 25.3. The minimum atomic E-state index is -3.88. The molecule has 1 aromatic heterocycles. The first-order valence-corrected chi connectivity index (χ1v) is 13.9. The topological polar surface area (TPSA) is 96.8 Å². The summed E-state index contributed by atoms with van der Waals surface area (Å²) in [6, 6.07) is 8.84. The number of thiazole rings is 1. The summed E-state index contributed by atoms with van der Waals surface area (Å²) in [4.78, 5) is 15.5. The summed E-state index contributed by atoms with van der Waals surface area (Å²) in [5, 5.41) is 11.0. The molecule has 0 bridgehead atoms. The summed E-state index contributed by atoms with van der Waals surface area (Å²) >= 11 is 1.12. The van der Waals surface area contributed by atoms with E-state index in [1.807, 2.05) is 32.9 Å². The number of anilines is 1. The zero-order valence-electron chi connectivity index (χ0n) is 20.4. The maximum Gasteiger partial charge on any atom is 0.335 e. The lowest BCUT2D eigenvalue weighted by Gasteiger charge is -2.28. The third kappa shape index (κ3) is 5.36. The van der Waals surface area contributed by atoms with Crippen molar-refractivity contribution in [1.29, 1.82) is 0 Å². The number of fused-ring (bicyclic) bond motifs is 1. The molecule has 0 radical (unpaired) electrons. The van der Waals surface area contributed by atoms with E-state index in [2.05, 4.69) is 4.98 Å². The van der Waals surface area contributed by atoms with Gasteiger partial charge in [0.2, 0.25) is 4.34 Å². The predicted octanol–water partition coefficient (Wildman–Crippen LogP) is 5.38. The summed E-state index contributed by atoms with van der Waals surface area (Å²) in [6.45, 7) is 8.08. The van der Waals surface area contributed by atoms with Crippen LogP contribution in [0.1, 0.15) is 58.6 Å². The van der Waals surface area contributed by atoms with Crippen LogP contribution in [0.15, 0.2) is 40.1 Å². The third-order valence-corrected chi connectivity index (χ3v) is 9.19. The lowest BCUT2D eigenvalue weighted by Crippen LogP contribution is -2.34. The first-order valence-electron chi connectivity index (χ1n) is 11.6. The molecular weight excluding hydrogens is 484 g/mol. The molecule has 4 rings (SSSR count). The summed E-state index contributed by atoms with van der Waals surface area (Å²) in [5.74, 6) is -0.393. The monoisotopic (exact) mass is 514 g/mol. The molecule has 1 N–H and O–H groups in total. The highest BCUT2D eigenvalue weighted by atomic mass is 32.2. The number of hydrogen-bond acceptors (Lipinski definition) is 6. The van der Waals surface area contributed by atoms with E-state index in [1.165, 1.54) is 9.87 Å². The van der Waals surface area contributed by atoms with Gasteiger partial charge >= 0.3 is 5.97 Å². The molecule has 0 spiro atoms. The van der Waals surface area contributed by atoms with Crippen molar-refractivity contribution < 1.29 is 23.1 Å². The Labute approximate surface area is 210 Å². The molecular formula is C26H30N2O5S2. The lowest BCUT2D eigenvalue weighted by atomic mass is 10.1. The van der Waals surface area contributed by atoms with Crippen molar-refractivity contribution in [3.8, 4) is 5.75 Å². The van der Waals surface area contributed by atoms with Crippen molar-refractivity contribution in [1.82, 2.24) is 4.98 Å². The first kappa shape index (κ1) is 25.2. The molecule has 1 heterocycles. The van der Waals surface area contributed by atoms with E-state index < -0.39 is 16.0 Å². The fourth-order valence-corrected chi connectivity index (χ4v) is 7.01. The van der Waals surface area contributed by atoms with Crippen molar-refractivity contribution >= 4 is 33.0 Å². The number of carbonyl (C=O) groups is 1. The molecule has 0 amide bonds. The van der Waals surface area contributed by atoms with E-state index in [0.29, 0.717) is 23.7 Å². The van der Waals surface area contributed by atoms with Crippen molar-refractivity contribution in [2.45, 2.75) is 57.9 Å². The van der Waals surface area contributed by atoms with Crippen molar-refractivity contribution in [2.75, 3.05) is 10.8 Å². The van der Waals surface area contributed by atoms with Crippen LogP contribution in [0.4, 0.5) is 5.69 Å². The smallest absolute Gasteiger partial charge is 0.335 e. The average Bonchev–Trinajstić information content (AvgIpc) is 3.44. The number of benzene rings is 2. The van der Waals surface area contributed by atoms with Gasteiger partial charge in [0.25, 0.3) is 10.0 Å². The van der Waals surface area contributed by atoms with Crippen LogP contribution in [-0.2, 0) is 29.5 Å². The second-order valence-corrected chi connectivity index (χ2v) is 12.3. The van der Waals surface area contributed by atoms with Crippen molar-refractivity contribution in [3.63, 3.8) is 0 Å². The number of aromatic carboxylic acids is 1. The Hall–Kier alpha value is -2.91. The van der Waals surface area contributed by atoms with Crippen LogP contribution >= 0.6 is 11.3 Å². The fourth-order valence-electron chi connectivity index (χ4n) is 4.25. The van der Waals surface area contributed by atoms with Gasteiger partial charge in [0.1, 0.15) is 12.4 Å². The molecule has 0 saturated carbocycles. The number of sulfonamides is 1. The fraction of sp³-hybridized carbons (Fsp3) is 0.385. The second-order valence-electron chi connectivity index (χ2n) is 9.36. The minimum Gasteiger partial charge on any atom is -0.487 e. The Morgan fingerprint density at radius 2 is 1.89 bits per heavy atom. The number of carboxylic acid groups (broad SMARTS) is 1. The first-order chi connectivity index (χ1) is 16.6. The van der Waals surface area contributed by atoms with Gasteiger partial charge in [-0.3, -0.25) is 4.31 Å². The number of nitrogens with zero attached hydrogens (tertiary/aromatic N) is 2. The van der Waals surface area contributed by atoms with Crippen LogP contribution in [0.5, 0.6) is 5.75 Å². The van der Waals surface area contributed by atoms with Gasteiger partial charge in [0.05, 0.1) is 11.3 Å². The van der Waals surface area contributed by atoms with E-state index in [-0.39, 0.29) is 22.4 Å². The largest absolute Gasteiger partial charge is 0.487 e. The molecule has 0 saturated heterocycles. The van der Waals surface area contributed by atoms with E-state index in [9.17, 15) is 18.3 Å². The van der Waals surface area contributed by atoms with E-state index in [1.54, 1.807) is 30.5 Å². The highest BCUT2D eigenvalue weighted by Gasteiger charge is 2.32. The van der Waals surface area contributed by atoms with Gasteiger partial charge in [0.15, 0.2) is 0 Å². The highest BCUT2D eigenvalue weighted by Crippen LogP contribution is 2.39. The minimum absolute atomic E-state index is 0.0715. The van der Waals surface area contributed by atoms with Crippen molar-refractivity contribution in [2.24, 2.45) is 5.92 Å². The van der Waals surface area contributed by atoms with Crippen LogP contribution < -0.4 is 9.04 Å². The maximum absolute atomic E-state index is 13.7. The Balaban J connectivity index is 1.75. The molecule has 2 aromatic carbocycles. The molecule has 35 heavy (non-hydrogen) atoms. The number of ether oxygens (including phenoxy) is 1. The SMILES string of the molecule is Cc1csc(S(=O)(=O)N(CC(C)C)c2cc3c(cc2OCc2ccc(C(=O)O)cc2C)CCC3)n1.